The Labute approximate surface area is 104 Å². The van der Waals surface area contributed by atoms with Crippen molar-refractivity contribution in [3.05, 3.63) is 53.7 Å². The average molecular weight is 244 g/mol. The van der Waals surface area contributed by atoms with Crippen molar-refractivity contribution in [1.29, 1.82) is 0 Å². The predicted octanol–water partition coefficient (Wildman–Crippen LogP) is 3.35. The van der Waals surface area contributed by atoms with Gasteiger partial charge < -0.3 is 5.21 Å². The first-order valence-electron chi connectivity index (χ1n) is 5.16. The SMILES string of the molecule is Cc1ccc(Sc2ccc(C=NO)cn2)cc1. The number of aryl methyl sites for hydroxylation is 1. The van der Waals surface area contributed by atoms with Gasteiger partial charge in [0, 0.05) is 16.7 Å². The summed E-state index contributed by atoms with van der Waals surface area (Å²) in [6.07, 6.45) is 3.03. The highest BCUT2D eigenvalue weighted by Crippen LogP contribution is 2.25. The van der Waals surface area contributed by atoms with Crippen molar-refractivity contribution in [3.63, 3.8) is 0 Å². The zero-order chi connectivity index (χ0) is 12.1. The molecule has 2 aromatic rings. The number of nitrogens with zero attached hydrogens (tertiary/aromatic N) is 2. The maximum atomic E-state index is 8.39. The molecule has 0 bridgehead atoms. The third kappa shape index (κ3) is 3.32. The summed E-state index contributed by atoms with van der Waals surface area (Å²) in [6, 6.07) is 12.1. The lowest BCUT2D eigenvalue weighted by Crippen LogP contribution is -1.85. The van der Waals surface area contributed by atoms with Gasteiger partial charge in [0.1, 0.15) is 5.03 Å². The lowest BCUT2D eigenvalue weighted by molar-refractivity contribution is 0.322. The second-order valence-electron chi connectivity index (χ2n) is 3.59. The molecule has 0 fully saturated rings. The summed E-state index contributed by atoms with van der Waals surface area (Å²) >= 11 is 1.60. The number of benzene rings is 1. The highest BCUT2D eigenvalue weighted by atomic mass is 32.2. The molecule has 0 saturated carbocycles. The van der Waals surface area contributed by atoms with Gasteiger partial charge in [0.15, 0.2) is 0 Å². The van der Waals surface area contributed by atoms with Gasteiger partial charge in [-0.2, -0.15) is 0 Å². The Morgan fingerprint density at radius 3 is 2.53 bits per heavy atom. The van der Waals surface area contributed by atoms with Crippen LogP contribution < -0.4 is 0 Å². The molecule has 0 aliphatic rings. The predicted molar refractivity (Wildman–Crippen MR) is 68.9 cm³/mol. The Morgan fingerprint density at radius 1 is 1.18 bits per heavy atom. The second-order valence-corrected chi connectivity index (χ2v) is 4.68. The van der Waals surface area contributed by atoms with Crippen LogP contribution in [0, 0.1) is 6.92 Å². The lowest BCUT2D eigenvalue weighted by Gasteiger charge is -2.01. The van der Waals surface area contributed by atoms with Gasteiger partial charge in [0.2, 0.25) is 0 Å². The molecule has 3 nitrogen and oxygen atoms in total. The highest BCUT2D eigenvalue weighted by molar-refractivity contribution is 7.99. The summed E-state index contributed by atoms with van der Waals surface area (Å²) in [7, 11) is 0. The van der Waals surface area contributed by atoms with Crippen LogP contribution in [-0.4, -0.2) is 16.4 Å². The summed E-state index contributed by atoms with van der Waals surface area (Å²) in [5.41, 5.74) is 2.03. The molecule has 1 aromatic heterocycles. The van der Waals surface area contributed by atoms with Crippen LogP contribution in [0.4, 0.5) is 0 Å². The van der Waals surface area contributed by atoms with Gasteiger partial charge >= 0.3 is 0 Å². The zero-order valence-corrected chi connectivity index (χ0v) is 10.2. The molecule has 1 aromatic carbocycles. The smallest absolute Gasteiger partial charge is 0.101 e. The Bertz CT molecular complexity index is 506. The van der Waals surface area contributed by atoms with E-state index in [-0.39, 0.29) is 0 Å². The number of pyridine rings is 1. The van der Waals surface area contributed by atoms with Crippen LogP contribution in [0.2, 0.25) is 0 Å². The van der Waals surface area contributed by atoms with E-state index in [9.17, 15) is 0 Å². The Balaban J connectivity index is 2.11. The van der Waals surface area contributed by atoms with Crippen LogP contribution in [0.1, 0.15) is 11.1 Å². The van der Waals surface area contributed by atoms with Crippen LogP contribution in [-0.2, 0) is 0 Å². The van der Waals surface area contributed by atoms with Gasteiger partial charge in [0.05, 0.1) is 6.21 Å². The van der Waals surface area contributed by atoms with Gasteiger partial charge in [-0.1, -0.05) is 34.6 Å². The first-order chi connectivity index (χ1) is 8.28. The molecule has 17 heavy (non-hydrogen) atoms. The van der Waals surface area contributed by atoms with E-state index in [0.29, 0.717) is 0 Å². The number of hydrogen-bond acceptors (Lipinski definition) is 4. The van der Waals surface area contributed by atoms with Gasteiger partial charge in [0.25, 0.3) is 0 Å². The molecule has 0 aliphatic heterocycles. The van der Waals surface area contributed by atoms with Crippen LogP contribution in [0.25, 0.3) is 0 Å². The molecular formula is C13H12N2OS. The minimum atomic E-state index is 0.778. The molecule has 1 N–H and O–H groups in total. The van der Waals surface area contributed by atoms with Gasteiger partial charge in [-0.05, 0) is 31.2 Å². The van der Waals surface area contributed by atoms with Gasteiger partial charge in [-0.25, -0.2) is 4.98 Å². The van der Waals surface area contributed by atoms with E-state index in [0.717, 1.165) is 15.5 Å². The highest BCUT2D eigenvalue weighted by Gasteiger charge is 1.98. The van der Waals surface area contributed by atoms with Crippen molar-refractivity contribution in [2.75, 3.05) is 0 Å². The van der Waals surface area contributed by atoms with Gasteiger partial charge in [-0.3, -0.25) is 0 Å². The Kier molecular flexibility index (Phi) is 3.77. The minimum Gasteiger partial charge on any atom is -0.411 e. The first kappa shape index (κ1) is 11.7. The molecular weight excluding hydrogens is 232 g/mol. The van der Waals surface area contributed by atoms with E-state index < -0.39 is 0 Å². The maximum Gasteiger partial charge on any atom is 0.101 e. The minimum absolute atomic E-state index is 0.778. The van der Waals surface area contributed by atoms with E-state index >= 15 is 0 Å². The van der Waals surface area contributed by atoms with E-state index in [2.05, 4.69) is 41.3 Å². The van der Waals surface area contributed by atoms with E-state index in [4.69, 9.17) is 5.21 Å². The number of rotatable bonds is 3. The van der Waals surface area contributed by atoms with E-state index in [1.807, 2.05) is 12.1 Å². The maximum absolute atomic E-state index is 8.39. The van der Waals surface area contributed by atoms with Gasteiger partial charge in [-0.15, -0.1) is 0 Å². The Hall–Kier alpha value is -1.81. The standard InChI is InChI=1S/C13H12N2OS/c1-10-2-5-12(6-3-10)17-13-7-4-11(8-14-13)9-15-16/h2-9,16H,1H3. The van der Waals surface area contributed by atoms with Crippen molar-refractivity contribution in [1.82, 2.24) is 4.98 Å². The molecule has 1 heterocycles. The molecule has 0 radical (unpaired) electrons. The molecule has 0 saturated heterocycles. The number of aromatic nitrogens is 1. The molecule has 0 aliphatic carbocycles. The van der Waals surface area contributed by atoms with Crippen LogP contribution in [0.3, 0.4) is 0 Å². The van der Waals surface area contributed by atoms with Crippen molar-refractivity contribution in [3.8, 4) is 0 Å². The number of hydrogen-bond donors (Lipinski definition) is 1. The fourth-order valence-electron chi connectivity index (χ4n) is 1.32. The molecule has 2 rings (SSSR count). The van der Waals surface area contributed by atoms with E-state index in [1.165, 1.54) is 11.8 Å². The normalized spacial score (nSPS) is 10.9. The quantitative estimate of drug-likeness (QED) is 0.511. The molecule has 86 valence electrons. The largest absolute Gasteiger partial charge is 0.411 e. The van der Waals surface area contributed by atoms with E-state index in [1.54, 1.807) is 18.0 Å². The summed E-state index contributed by atoms with van der Waals surface area (Å²) in [5, 5.41) is 12.3. The van der Waals surface area contributed by atoms with Crippen LogP contribution >= 0.6 is 11.8 Å². The van der Waals surface area contributed by atoms with Crippen molar-refractivity contribution in [2.24, 2.45) is 5.16 Å². The topological polar surface area (TPSA) is 45.5 Å². The molecule has 0 unspecified atom stereocenters. The van der Waals surface area contributed by atoms with Crippen LogP contribution in [0.5, 0.6) is 0 Å². The fraction of sp³-hybridized carbons (Fsp3) is 0.0769. The first-order valence-corrected chi connectivity index (χ1v) is 5.97. The summed E-state index contributed by atoms with van der Waals surface area (Å²) in [5.74, 6) is 0. The summed E-state index contributed by atoms with van der Waals surface area (Å²) in [4.78, 5) is 5.43. The second kappa shape index (κ2) is 5.50. The van der Waals surface area contributed by atoms with Crippen molar-refractivity contribution in [2.45, 2.75) is 16.8 Å². The Morgan fingerprint density at radius 2 is 1.94 bits per heavy atom. The van der Waals surface area contributed by atoms with Crippen LogP contribution in [0.15, 0.2) is 57.7 Å². The third-order valence-electron chi connectivity index (χ3n) is 2.21. The lowest BCUT2D eigenvalue weighted by atomic mass is 10.2. The molecule has 0 atom stereocenters. The van der Waals surface area contributed by atoms with Crippen molar-refractivity contribution < 1.29 is 5.21 Å². The monoisotopic (exact) mass is 244 g/mol. The summed E-state index contributed by atoms with van der Waals surface area (Å²) < 4.78 is 0. The number of oxime groups is 1. The third-order valence-corrected chi connectivity index (χ3v) is 3.17. The molecule has 0 amide bonds. The fourth-order valence-corrected chi connectivity index (χ4v) is 2.08. The molecule has 0 spiro atoms. The summed E-state index contributed by atoms with van der Waals surface area (Å²) in [6.45, 7) is 2.07. The zero-order valence-electron chi connectivity index (χ0n) is 9.37. The molecule has 4 heteroatoms. The average Bonchev–Trinajstić information content (AvgIpc) is 2.35. The van der Waals surface area contributed by atoms with Crippen molar-refractivity contribution >= 4 is 18.0 Å².